The highest BCUT2D eigenvalue weighted by Crippen LogP contribution is 2.49. The Bertz CT molecular complexity index is 636. The highest BCUT2D eigenvalue weighted by atomic mass is 16.5. The Labute approximate surface area is 116 Å². The van der Waals surface area contributed by atoms with Gasteiger partial charge in [-0.05, 0) is 24.6 Å². The van der Waals surface area contributed by atoms with Gasteiger partial charge in [0.1, 0.15) is 12.4 Å². The van der Waals surface area contributed by atoms with Gasteiger partial charge in [-0.15, -0.1) is 0 Å². The molecule has 1 heterocycles. The van der Waals surface area contributed by atoms with Crippen LogP contribution in [-0.2, 0) is 9.59 Å². The van der Waals surface area contributed by atoms with Gasteiger partial charge in [0.15, 0.2) is 0 Å². The lowest BCUT2D eigenvalue weighted by atomic mass is 10.1. The molecular weight excluding hydrogens is 258 g/mol. The van der Waals surface area contributed by atoms with Crippen molar-refractivity contribution in [1.82, 2.24) is 0 Å². The van der Waals surface area contributed by atoms with Crippen LogP contribution in [0.5, 0.6) is 5.75 Å². The van der Waals surface area contributed by atoms with Gasteiger partial charge in [-0.2, -0.15) is 0 Å². The Kier molecular flexibility index (Phi) is 2.96. The Hall–Kier alpha value is -2.32. The number of aliphatic hydroxyl groups is 1. The van der Waals surface area contributed by atoms with Crippen molar-refractivity contribution in [2.24, 2.45) is 11.8 Å². The van der Waals surface area contributed by atoms with E-state index in [1.54, 1.807) is 18.2 Å². The fraction of sp³-hybridized carbons (Fsp3) is 0.333. The topological polar surface area (TPSA) is 66.8 Å². The number of benzene rings is 1. The SMILES string of the molecule is COc1ccc(C#CCO)cc1N1C(=O)C2CC2C1=O. The summed E-state index contributed by atoms with van der Waals surface area (Å²) in [5, 5.41) is 8.72. The standard InChI is InChI=1S/C15H13NO4/c1-20-13-5-4-9(3-2-6-17)7-12(13)16-14(18)10-8-11(10)15(16)19/h4-5,7,10-11,17H,6,8H2,1H3. The van der Waals surface area contributed by atoms with E-state index in [2.05, 4.69) is 11.8 Å². The van der Waals surface area contributed by atoms with E-state index >= 15 is 0 Å². The summed E-state index contributed by atoms with van der Waals surface area (Å²) in [7, 11) is 1.49. The second kappa shape index (κ2) is 4.66. The van der Waals surface area contributed by atoms with Crippen LogP contribution in [0.15, 0.2) is 18.2 Å². The van der Waals surface area contributed by atoms with Crippen molar-refractivity contribution < 1.29 is 19.4 Å². The second-order valence-corrected chi connectivity index (χ2v) is 4.81. The lowest BCUT2D eigenvalue weighted by Crippen LogP contribution is -2.33. The third kappa shape index (κ3) is 1.86. The smallest absolute Gasteiger partial charge is 0.237 e. The fourth-order valence-electron chi connectivity index (χ4n) is 2.50. The van der Waals surface area contributed by atoms with E-state index in [1.165, 1.54) is 12.0 Å². The maximum Gasteiger partial charge on any atom is 0.237 e. The molecule has 1 aromatic carbocycles. The maximum absolute atomic E-state index is 12.1. The summed E-state index contributed by atoms with van der Waals surface area (Å²) < 4.78 is 5.22. The van der Waals surface area contributed by atoms with E-state index in [4.69, 9.17) is 9.84 Å². The molecule has 3 rings (SSSR count). The van der Waals surface area contributed by atoms with Gasteiger partial charge in [0.2, 0.25) is 11.8 Å². The molecule has 0 aromatic heterocycles. The molecule has 0 spiro atoms. The van der Waals surface area contributed by atoms with Crippen molar-refractivity contribution in [1.29, 1.82) is 0 Å². The van der Waals surface area contributed by atoms with Gasteiger partial charge in [-0.25, -0.2) is 4.90 Å². The molecule has 2 atom stereocenters. The summed E-state index contributed by atoms with van der Waals surface area (Å²) in [6.07, 6.45) is 0.667. The molecule has 1 aromatic rings. The molecule has 2 fully saturated rings. The monoisotopic (exact) mass is 271 g/mol. The number of rotatable bonds is 2. The lowest BCUT2D eigenvalue weighted by Gasteiger charge is -2.19. The van der Waals surface area contributed by atoms with Crippen molar-refractivity contribution >= 4 is 17.5 Å². The van der Waals surface area contributed by atoms with Gasteiger partial charge < -0.3 is 9.84 Å². The summed E-state index contributed by atoms with van der Waals surface area (Å²) in [6.45, 7) is -0.243. The van der Waals surface area contributed by atoms with Crippen LogP contribution in [0.25, 0.3) is 0 Å². The zero-order chi connectivity index (χ0) is 14.3. The van der Waals surface area contributed by atoms with Crippen molar-refractivity contribution in [3.63, 3.8) is 0 Å². The predicted octanol–water partition coefficient (Wildman–Crippen LogP) is 0.548. The van der Waals surface area contributed by atoms with E-state index in [1.807, 2.05) is 0 Å². The highest BCUT2D eigenvalue weighted by molar-refractivity contribution is 6.25. The number of anilines is 1. The van der Waals surface area contributed by atoms with Crippen LogP contribution in [0.3, 0.4) is 0 Å². The van der Waals surface area contributed by atoms with E-state index in [0.717, 1.165) is 0 Å². The Balaban J connectivity index is 2.02. The maximum atomic E-state index is 12.1. The molecule has 0 radical (unpaired) electrons. The molecule has 5 nitrogen and oxygen atoms in total. The van der Waals surface area contributed by atoms with Gasteiger partial charge in [-0.3, -0.25) is 9.59 Å². The van der Waals surface area contributed by atoms with Crippen molar-refractivity contribution in [2.75, 3.05) is 18.6 Å². The number of imide groups is 1. The van der Waals surface area contributed by atoms with Gasteiger partial charge in [-0.1, -0.05) is 11.8 Å². The Morgan fingerprint density at radius 3 is 2.65 bits per heavy atom. The number of ether oxygens (including phenoxy) is 1. The second-order valence-electron chi connectivity index (χ2n) is 4.81. The van der Waals surface area contributed by atoms with Crippen LogP contribution < -0.4 is 9.64 Å². The molecule has 1 saturated carbocycles. The first kappa shape index (κ1) is 12.7. The van der Waals surface area contributed by atoms with Gasteiger partial charge in [0.25, 0.3) is 0 Å². The van der Waals surface area contributed by atoms with E-state index in [0.29, 0.717) is 23.4 Å². The minimum atomic E-state index is -0.243. The Morgan fingerprint density at radius 1 is 1.35 bits per heavy atom. The quantitative estimate of drug-likeness (QED) is 0.630. The number of fused-ring (bicyclic) bond motifs is 1. The highest BCUT2D eigenvalue weighted by Gasteiger charge is 2.59. The van der Waals surface area contributed by atoms with Crippen LogP contribution in [0.1, 0.15) is 12.0 Å². The van der Waals surface area contributed by atoms with E-state index in [-0.39, 0.29) is 30.3 Å². The zero-order valence-electron chi connectivity index (χ0n) is 10.9. The summed E-state index contributed by atoms with van der Waals surface area (Å²) in [5.41, 5.74) is 1.05. The number of carbonyl (C=O) groups excluding carboxylic acids is 2. The average Bonchev–Trinajstić information content (AvgIpc) is 3.21. The van der Waals surface area contributed by atoms with E-state index < -0.39 is 0 Å². The molecule has 2 unspecified atom stereocenters. The first-order chi connectivity index (χ1) is 9.67. The molecule has 2 amide bonds. The third-order valence-corrected chi connectivity index (χ3v) is 3.60. The van der Waals surface area contributed by atoms with Crippen molar-refractivity contribution in [3.05, 3.63) is 23.8 Å². The Morgan fingerprint density at radius 2 is 2.05 bits per heavy atom. The molecule has 1 saturated heterocycles. The fourth-order valence-corrected chi connectivity index (χ4v) is 2.50. The van der Waals surface area contributed by atoms with Crippen LogP contribution in [0.2, 0.25) is 0 Å². The summed E-state index contributed by atoms with van der Waals surface area (Å²) in [5.74, 6) is 5.12. The molecule has 0 bridgehead atoms. The van der Waals surface area contributed by atoms with Gasteiger partial charge >= 0.3 is 0 Å². The van der Waals surface area contributed by atoms with Crippen molar-refractivity contribution in [2.45, 2.75) is 6.42 Å². The number of piperidine rings is 1. The average molecular weight is 271 g/mol. The van der Waals surface area contributed by atoms with Crippen LogP contribution in [0.4, 0.5) is 5.69 Å². The lowest BCUT2D eigenvalue weighted by molar-refractivity contribution is -0.123. The van der Waals surface area contributed by atoms with Gasteiger partial charge in [0, 0.05) is 5.56 Å². The predicted molar refractivity (Wildman–Crippen MR) is 71.0 cm³/mol. The number of hydrogen-bond donors (Lipinski definition) is 1. The molecule has 1 N–H and O–H groups in total. The summed E-state index contributed by atoms with van der Waals surface area (Å²) in [4.78, 5) is 25.4. The summed E-state index contributed by atoms with van der Waals surface area (Å²) >= 11 is 0. The zero-order valence-corrected chi connectivity index (χ0v) is 10.9. The van der Waals surface area contributed by atoms with Crippen molar-refractivity contribution in [3.8, 4) is 17.6 Å². The first-order valence-electron chi connectivity index (χ1n) is 6.33. The minimum Gasteiger partial charge on any atom is -0.495 e. The molecule has 1 aliphatic carbocycles. The van der Waals surface area contributed by atoms with Gasteiger partial charge in [0.05, 0.1) is 24.6 Å². The number of amides is 2. The normalized spacial score (nSPS) is 23.2. The molecule has 5 heteroatoms. The van der Waals surface area contributed by atoms with Crippen LogP contribution in [0, 0.1) is 23.7 Å². The largest absolute Gasteiger partial charge is 0.495 e. The molecule has 20 heavy (non-hydrogen) atoms. The molecule has 102 valence electrons. The molecule has 2 aliphatic rings. The molecule has 1 aliphatic heterocycles. The number of methoxy groups -OCH3 is 1. The third-order valence-electron chi connectivity index (χ3n) is 3.60. The van der Waals surface area contributed by atoms with E-state index in [9.17, 15) is 9.59 Å². The number of aliphatic hydroxyl groups excluding tert-OH is 1. The summed E-state index contributed by atoms with van der Waals surface area (Å²) in [6, 6.07) is 5.03. The number of nitrogens with zero attached hydrogens (tertiary/aromatic N) is 1. The van der Waals surface area contributed by atoms with Crippen LogP contribution >= 0.6 is 0 Å². The first-order valence-corrected chi connectivity index (χ1v) is 6.33. The number of hydrogen-bond acceptors (Lipinski definition) is 4. The number of carbonyl (C=O) groups is 2. The minimum absolute atomic E-state index is 0.153. The molecular formula is C15H13NO4. The van der Waals surface area contributed by atoms with Crippen LogP contribution in [-0.4, -0.2) is 30.6 Å².